The van der Waals surface area contributed by atoms with Gasteiger partial charge in [0, 0.05) is 138 Å². The summed E-state index contributed by atoms with van der Waals surface area (Å²) in [6.07, 6.45) is 16.9. The van der Waals surface area contributed by atoms with E-state index in [1.165, 1.54) is 80.0 Å². The zero-order chi connectivity index (χ0) is 100. The van der Waals surface area contributed by atoms with E-state index in [1.807, 2.05) is 0 Å². The molecule has 768 valence electrons. The van der Waals surface area contributed by atoms with Gasteiger partial charge >= 0.3 is 32.1 Å². The van der Waals surface area contributed by atoms with Crippen LogP contribution in [-0.4, -0.2) is 271 Å². The minimum atomic E-state index is -4.55. The summed E-state index contributed by atoms with van der Waals surface area (Å²) in [5.41, 5.74) is 22.2. The number of unbranched alkanes of at least 4 members (excludes halogenated alkanes) is 12. The summed E-state index contributed by atoms with van der Waals surface area (Å²) in [5.74, 6) is -5.67. The van der Waals surface area contributed by atoms with Gasteiger partial charge in [-0.15, -0.1) is 0 Å². The minimum absolute atomic E-state index is 0.00237. The van der Waals surface area contributed by atoms with Crippen LogP contribution in [-0.2, 0) is 127 Å². The third kappa shape index (κ3) is 49.3. The van der Waals surface area contributed by atoms with E-state index >= 15 is 0 Å². The molecule has 0 radical (unpaired) electrons. The van der Waals surface area contributed by atoms with Gasteiger partial charge < -0.3 is 138 Å². The first-order chi connectivity index (χ1) is 65.5. The molecule has 0 aliphatic rings. The molecule has 0 fully saturated rings. The van der Waals surface area contributed by atoms with Crippen molar-refractivity contribution in [1.29, 1.82) is 21.6 Å². The van der Waals surface area contributed by atoms with Crippen LogP contribution in [0.15, 0.2) is 43.1 Å². The fraction of sp³-hybridized carbons (Fsp3) is 0.615. The van der Waals surface area contributed by atoms with Crippen molar-refractivity contribution in [2.75, 3.05) is 178 Å². The number of phosphoric acid groups is 3. The summed E-state index contributed by atoms with van der Waals surface area (Å²) in [5, 5.41) is 73.3. The zero-order valence-corrected chi connectivity index (χ0v) is 81.6. The molecule has 137 heavy (non-hydrogen) atoms. The highest BCUT2D eigenvalue weighted by Crippen LogP contribution is 2.54. The Labute approximate surface area is 794 Å². The lowest BCUT2D eigenvalue weighted by molar-refractivity contribution is -0.126. The molecule has 9 amide bonds. The molecule has 0 aliphatic carbocycles. The van der Waals surface area contributed by atoms with E-state index < -0.39 is 125 Å². The number of phosphoric ester groups is 3. The van der Waals surface area contributed by atoms with Gasteiger partial charge in [0.1, 0.15) is 18.0 Å². The zero-order valence-electron chi connectivity index (χ0n) is 78.1. The number of aliphatic hydroxyl groups is 1. The van der Waals surface area contributed by atoms with Gasteiger partial charge in [0.25, 0.3) is 29.5 Å². The number of rotatable bonds is 76. The standard InChI is InChI=1S/C78H135N29O26P4/c1-7-87-72(115)67-100-60(52-105(67)4)97-64(110)25-32-89-70(113)58-49-57(51-103(58)2)96-74(117)69-102-62(54-107(69)6)99-65(111)26-33-90-71(114)59-48-56(50-104(59)3)95-73(116)68-101-61(53-106(68)5)98-63(109)24-31-88-66(112)55-121-40-42-128-135(118,125-36-21-13-9-17-28-92-76(81)82)130-44-46-132-137(120,127-38-23-15-11-19-30-94-78(85)86)133-47-45-131-136(119,126-37-22-14-10-18-29-93-77(83)84)129-43-41-124-134(123-39-34-108)122-35-20-12-8-16-27-91-75(79)80/h48-54,108H,7-47,55H2,1-6H3,(H,87,115)(H,88,112)(H,89,113)(H,90,114)(H,95,116)(H,96,117)(H,97,110)(H,98,109)(H,99,111)(H4,79,80,91)(H4,81,82,92)(H4,83,84,93)(H4,85,86,94). The Morgan fingerprint density at radius 1 is 0.343 bits per heavy atom. The van der Waals surface area contributed by atoms with Gasteiger partial charge in [0.05, 0.1) is 104 Å². The number of hydrogen-bond donors (Lipinski definition) is 22. The monoisotopic (exact) mass is 2020 g/mol. The molecule has 55 nitrogen and oxygen atoms in total. The molecule has 0 saturated heterocycles. The number of aromatic nitrogens is 8. The van der Waals surface area contributed by atoms with Crippen LogP contribution in [0.2, 0.25) is 0 Å². The molecule has 0 bridgehead atoms. The number of nitrogens with zero attached hydrogens (tertiary/aromatic N) is 8. The number of anilines is 5. The van der Waals surface area contributed by atoms with Crippen molar-refractivity contribution in [2.45, 2.75) is 129 Å². The third-order valence-corrected chi connectivity index (χ3v) is 24.2. The molecule has 4 atom stereocenters. The van der Waals surface area contributed by atoms with Crippen LogP contribution in [0, 0.1) is 21.6 Å². The Balaban J connectivity index is 1.06. The first-order valence-electron chi connectivity index (χ1n) is 44.4. The van der Waals surface area contributed by atoms with Gasteiger partial charge in [-0.05, 0) is 70.4 Å². The molecule has 0 saturated carbocycles. The van der Waals surface area contributed by atoms with Crippen LogP contribution in [0.5, 0.6) is 0 Å². The lowest BCUT2D eigenvalue weighted by Crippen LogP contribution is -2.31. The number of ether oxygens (including phenoxy) is 1. The molecule has 5 heterocycles. The SMILES string of the molecule is CCNC(=O)c1nc(NC(=O)CCNC(=O)c2cc(NC(=O)c3nc(NC(=O)CCNC(=O)c4cc(NC(=O)c5nc(NC(=O)CCNC(=O)COCCOP(=O)(OCCCCCCNC(=N)N)OCCOP(=O)(OCCCCCCNC(=N)N)OCCOP(=O)(OCCCCCCNC(=N)N)OCCOP(OCCO)OCCCCCCNC(=N)N)cn5C)cn4C)cn3C)cn2C)cn1C. The van der Waals surface area contributed by atoms with Crippen molar-refractivity contribution in [3.63, 3.8) is 0 Å². The number of imidazole rings is 3. The van der Waals surface area contributed by atoms with Gasteiger partial charge in [-0.1, -0.05) is 51.4 Å². The summed E-state index contributed by atoms with van der Waals surface area (Å²) in [6, 6.07) is 2.82. The quantitative estimate of drug-likeness (QED) is 0.0114. The van der Waals surface area contributed by atoms with Crippen LogP contribution >= 0.6 is 32.1 Å². The molecule has 0 spiro atoms. The van der Waals surface area contributed by atoms with E-state index in [9.17, 15) is 62.0 Å². The normalized spacial score (nSPS) is 12.8. The Morgan fingerprint density at radius 3 is 1.00 bits per heavy atom. The second-order valence-corrected chi connectivity index (χ2v) is 36.2. The van der Waals surface area contributed by atoms with Gasteiger partial charge in [0.2, 0.25) is 41.1 Å². The van der Waals surface area contributed by atoms with E-state index in [4.69, 9.17) is 104 Å². The molecule has 5 aromatic heterocycles. The van der Waals surface area contributed by atoms with Gasteiger partial charge in [-0.3, -0.25) is 106 Å². The Kier molecular flexibility index (Phi) is 55.3. The van der Waals surface area contributed by atoms with E-state index in [-0.39, 0.29) is 180 Å². The predicted molar refractivity (Wildman–Crippen MR) is 504 cm³/mol. The molecule has 26 N–H and O–H groups in total. The van der Waals surface area contributed by atoms with Crippen molar-refractivity contribution in [3.8, 4) is 0 Å². The van der Waals surface area contributed by atoms with E-state index in [1.54, 1.807) is 28.1 Å². The fourth-order valence-corrected chi connectivity index (χ4v) is 16.4. The molecule has 5 rings (SSSR count). The molecule has 59 heteroatoms. The molecular formula is C78H135N29O26P4. The van der Waals surface area contributed by atoms with Gasteiger partial charge in [-0.2, -0.15) is 0 Å². The number of aliphatic hydroxyl groups excluding tert-OH is 1. The Hall–Kier alpha value is -10.9. The maximum atomic E-state index is 14.3. The number of carbonyl (C=O) groups is 9. The van der Waals surface area contributed by atoms with Gasteiger partial charge in [0.15, 0.2) is 41.3 Å². The highest BCUT2D eigenvalue weighted by Gasteiger charge is 2.33. The molecule has 0 aliphatic heterocycles. The van der Waals surface area contributed by atoms with Crippen molar-refractivity contribution >= 4 is 138 Å². The number of nitrogens with two attached hydrogens (primary N) is 4. The highest BCUT2D eigenvalue weighted by atomic mass is 31.2. The summed E-state index contributed by atoms with van der Waals surface area (Å²) in [4.78, 5) is 130. The number of hydrogen-bond acceptors (Lipinski definition) is 33. The second kappa shape index (κ2) is 65.0. The van der Waals surface area contributed by atoms with Crippen LogP contribution in [0.3, 0.4) is 0 Å². The summed E-state index contributed by atoms with van der Waals surface area (Å²) in [6.45, 7) is -0.761. The van der Waals surface area contributed by atoms with E-state index in [0.29, 0.717) is 110 Å². The summed E-state index contributed by atoms with van der Waals surface area (Å²) in [7, 11) is -7.60. The van der Waals surface area contributed by atoms with Crippen LogP contribution in [0.1, 0.15) is 182 Å². The minimum Gasteiger partial charge on any atom is -0.394 e. The average molecular weight is 2020 g/mol. The number of carbonyl (C=O) groups excluding carboxylic acids is 9. The van der Waals surface area contributed by atoms with Crippen LogP contribution in [0.25, 0.3) is 0 Å². The smallest absolute Gasteiger partial charge is 0.394 e. The summed E-state index contributed by atoms with van der Waals surface area (Å²) >= 11 is 0. The molecule has 0 aromatic carbocycles. The first-order valence-corrected chi connectivity index (χ1v) is 49.8. The van der Waals surface area contributed by atoms with Gasteiger partial charge in [-0.25, -0.2) is 28.6 Å². The second-order valence-electron chi connectivity index (χ2n) is 30.0. The highest BCUT2D eigenvalue weighted by molar-refractivity contribution is 7.49. The number of aryl methyl sites for hydroxylation is 5. The van der Waals surface area contributed by atoms with Crippen LogP contribution < -0.4 is 92.1 Å². The maximum absolute atomic E-state index is 14.3. The number of guanidine groups is 4. The molecule has 5 aromatic rings. The van der Waals surface area contributed by atoms with Crippen molar-refractivity contribution in [3.05, 3.63) is 72.0 Å². The molecule has 4 unspecified atom stereocenters. The van der Waals surface area contributed by atoms with Crippen molar-refractivity contribution in [2.24, 2.45) is 58.2 Å². The van der Waals surface area contributed by atoms with Crippen molar-refractivity contribution in [1.82, 2.24) is 80.3 Å². The maximum Gasteiger partial charge on any atom is 0.474 e. The van der Waals surface area contributed by atoms with Crippen LogP contribution in [0.4, 0.5) is 28.8 Å². The lowest BCUT2D eigenvalue weighted by atomic mass is 10.2. The average Bonchev–Trinajstić information content (AvgIpc) is 1.68. The number of nitrogens with one attached hydrogen (secondary N) is 17. The lowest BCUT2D eigenvalue weighted by Gasteiger charge is -2.21. The molecular weight excluding hydrogens is 1880 g/mol. The van der Waals surface area contributed by atoms with Crippen molar-refractivity contribution < 1.29 is 121 Å². The van der Waals surface area contributed by atoms with E-state index in [0.717, 1.165) is 25.7 Å². The number of amides is 9. The first kappa shape index (κ1) is 117. The largest absolute Gasteiger partial charge is 0.474 e. The fourth-order valence-electron chi connectivity index (χ4n) is 12.0. The van der Waals surface area contributed by atoms with E-state index in [2.05, 4.69) is 84.1 Å². The predicted octanol–water partition coefficient (Wildman–Crippen LogP) is 3.71. The Morgan fingerprint density at radius 2 is 0.650 bits per heavy atom. The topological polar surface area (TPSA) is 764 Å². The third-order valence-electron chi connectivity index (χ3n) is 18.5. The Bertz CT molecular complexity index is 4800. The summed E-state index contributed by atoms with van der Waals surface area (Å²) < 4.78 is 123.